The summed E-state index contributed by atoms with van der Waals surface area (Å²) in [6.07, 6.45) is 0.0141. The molecule has 0 saturated carbocycles. The van der Waals surface area contributed by atoms with Crippen molar-refractivity contribution in [3.63, 3.8) is 0 Å². The van der Waals surface area contributed by atoms with Crippen molar-refractivity contribution >= 4 is 15.9 Å². The van der Waals surface area contributed by atoms with Gasteiger partial charge in [-0.2, -0.15) is 4.31 Å². The summed E-state index contributed by atoms with van der Waals surface area (Å²) in [5, 5.41) is 3.73. The van der Waals surface area contributed by atoms with E-state index in [1.165, 1.54) is 4.31 Å². The summed E-state index contributed by atoms with van der Waals surface area (Å²) in [6.45, 7) is 4.32. The van der Waals surface area contributed by atoms with Gasteiger partial charge in [0.2, 0.25) is 10.0 Å². The molecule has 2 aliphatic rings. The lowest BCUT2D eigenvalue weighted by atomic mass is 10.1. The van der Waals surface area contributed by atoms with Gasteiger partial charge in [0, 0.05) is 32.6 Å². The molecule has 3 heterocycles. The van der Waals surface area contributed by atoms with Crippen LogP contribution in [0.5, 0.6) is 5.75 Å². The number of aryl methyl sites for hydroxylation is 2. The Morgan fingerprint density at radius 3 is 2.48 bits per heavy atom. The number of hydrogen-bond acceptors (Lipinski definition) is 6. The first-order valence-corrected chi connectivity index (χ1v) is 10.3. The Morgan fingerprint density at radius 2 is 1.85 bits per heavy atom. The number of carbonyl (C=O) groups is 1. The maximum Gasteiger partial charge on any atom is 0.264 e. The monoisotopic (exact) mass is 391 g/mol. The lowest BCUT2D eigenvalue weighted by molar-refractivity contribution is -0.139. The lowest BCUT2D eigenvalue weighted by Gasteiger charge is -2.34. The minimum atomic E-state index is -3.68. The average Bonchev–Trinajstić information content (AvgIpc) is 3.24. The zero-order valence-corrected chi connectivity index (χ0v) is 16.0. The van der Waals surface area contributed by atoms with Crippen LogP contribution in [0.15, 0.2) is 33.7 Å². The molecule has 1 amide bonds. The van der Waals surface area contributed by atoms with Gasteiger partial charge in [-0.25, -0.2) is 8.42 Å². The summed E-state index contributed by atoms with van der Waals surface area (Å²) in [5.74, 6) is 0.930. The number of amides is 1. The van der Waals surface area contributed by atoms with Crippen LogP contribution in [-0.4, -0.2) is 61.0 Å². The van der Waals surface area contributed by atoms with Crippen LogP contribution >= 0.6 is 0 Å². The summed E-state index contributed by atoms with van der Waals surface area (Å²) >= 11 is 0. The molecule has 1 aromatic carbocycles. The van der Waals surface area contributed by atoms with E-state index in [0.717, 1.165) is 11.3 Å². The fourth-order valence-corrected chi connectivity index (χ4v) is 5.36. The Kier molecular flexibility index (Phi) is 4.43. The molecule has 1 aromatic heterocycles. The van der Waals surface area contributed by atoms with E-state index in [0.29, 0.717) is 25.2 Å². The first kappa shape index (κ1) is 18.0. The topological polar surface area (TPSA) is 93.0 Å². The first-order chi connectivity index (χ1) is 12.9. The number of benzene rings is 1. The van der Waals surface area contributed by atoms with Gasteiger partial charge in [-0.3, -0.25) is 4.79 Å². The van der Waals surface area contributed by atoms with Crippen molar-refractivity contribution in [3.8, 4) is 5.75 Å². The Bertz CT molecular complexity index is 932. The molecule has 9 heteroatoms. The molecule has 0 aliphatic carbocycles. The number of rotatable bonds is 3. The summed E-state index contributed by atoms with van der Waals surface area (Å²) in [6, 6.07) is 7.62. The predicted molar refractivity (Wildman–Crippen MR) is 95.9 cm³/mol. The summed E-state index contributed by atoms with van der Waals surface area (Å²) in [7, 11) is -3.68. The van der Waals surface area contributed by atoms with Crippen LogP contribution < -0.4 is 4.74 Å². The standard InChI is InChI=1S/C18H21N3O5S/c1-12-17(13(2)26-19-12)27(23,24)21-9-7-20(8-10-21)18(22)16-11-14-5-3-4-6-15(14)25-16/h3-6,16H,7-11H2,1-2H3/t16-/m0/s1. The van der Waals surface area contributed by atoms with E-state index in [9.17, 15) is 13.2 Å². The highest BCUT2D eigenvalue weighted by Crippen LogP contribution is 2.29. The first-order valence-electron chi connectivity index (χ1n) is 8.84. The molecule has 1 fully saturated rings. The second-order valence-corrected chi connectivity index (χ2v) is 8.68. The third-order valence-electron chi connectivity index (χ3n) is 5.04. The quantitative estimate of drug-likeness (QED) is 0.779. The SMILES string of the molecule is Cc1noc(C)c1S(=O)(=O)N1CCN(C(=O)[C@@H]2Cc3ccccc3O2)CC1. The number of fused-ring (bicyclic) bond motifs is 1. The molecule has 8 nitrogen and oxygen atoms in total. The number of piperazine rings is 1. The number of aromatic nitrogens is 1. The molecule has 0 spiro atoms. The molecule has 0 radical (unpaired) electrons. The molecule has 0 N–H and O–H groups in total. The lowest BCUT2D eigenvalue weighted by Crippen LogP contribution is -2.53. The minimum absolute atomic E-state index is 0.0967. The molecular weight excluding hydrogens is 370 g/mol. The van der Waals surface area contributed by atoms with Crippen molar-refractivity contribution in [3.05, 3.63) is 41.3 Å². The van der Waals surface area contributed by atoms with Gasteiger partial charge in [-0.15, -0.1) is 0 Å². The highest BCUT2D eigenvalue weighted by atomic mass is 32.2. The normalized spacial score (nSPS) is 20.4. The van der Waals surface area contributed by atoms with Crippen molar-refractivity contribution in [2.45, 2.75) is 31.3 Å². The van der Waals surface area contributed by atoms with E-state index in [1.54, 1.807) is 18.7 Å². The molecule has 0 bridgehead atoms. The average molecular weight is 391 g/mol. The fraction of sp³-hybridized carbons (Fsp3) is 0.444. The molecular formula is C18H21N3O5S. The van der Waals surface area contributed by atoms with Crippen LogP contribution in [0.4, 0.5) is 0 Å². The zero-order valence-electron chi connectivity index (χ0n) is 15.2. The Labute approximate surface area is 157 Å². The van der Waals surface area contributed by atoms with Crippen molar-refractivity contribution in [1.29, 1.82) is 0 Å². The molecule has 2 aliphatic heterocycles. The molecule has 1 saturated heterocycles. The second kappa shape index (κ2) is 6.65. The van der Waals surface area contributed by atoms with Gasteiger partial charge in [0.25, 0.3) is 5.91 Å². The zero-order chi connectivity index (χ0) is 19.2. The van der Waals surface area contributed by atoms with Gasteiger partial charge in [0.05, 0.1) is 0 Å². The molecule has 27 heavy (non-hydrogen) atoms. The molecule has 4 rings (SSSR count). The van der Waals surface area contributed by atoms with Crippen molar-refractivity contribution in [2.24, 2.45) is 0 Å². The molecule has 0 unspecified atom stereocenters. The van der Waals surface area contributed by atoms with E-state index in [1.807, 2.05) is 24.3 Å². The number of nitrogens with zero attached hydrogens (tertiary/aromatic N) is 3. The minimum Gasteiger partial charge on any atom is -0.480 e. The summed E-state index contributed by atoms with van der Waals surface area (Å²) in [5.41, 5.74) is 1.37. The van der Waals surface area contributed by atoms with Crippen LogP contribution in [0.1, 0.15) is 17.0 Å². The third-order valence-corrected chi connectivity index (χ3v) is 7.18. The Morgan fingerprint density at radius 1 is 1.15 bits per heavy atom. The summed E-state index contributed by atoms with van der Waals surface area (Å²) in [4.78, 5) is 14.6. The Hall–Kier alpha value is -2.39. The molecule has 144 valence electrons. The van der Waals surface area contributed by atoms with E-state index < -0.39 is 16.1 Å². The van der Waals surface area contributed by atoms with Crippen molar-refractivity contribution in [2.75, 3.05) is 26.2 Å². The number of hydrogen-bond donors (Lipinski definition) is 0. The smallest absolute Gasteiger partial charge is 0.264 e. The van der Waals surface area contributed by atoms with E-state index >= 15 is 0 Å². The Balaban J connectivity index is 1.42. The van der Waals surface area contributed by atoms with Crippen molar-refractivity contribution in [1.82, 2.24) is 14.4 Å². The van der Waals surface area contributed by atoms with Gasteiger partial charge in [0.1, 0.15) is 16.3 Å². The van der Waals surface area contributed by atoms with Crippen LogP contribution in [0.2, 0.25) is 0 Å². The van der Waals surface area contributed by atoms with Gasteiger partial charge >= 0.3 is 0 Å². The van der Waals surface area contributed by atoms with Gasteiger partial charge in [-0.1, -0.05) is 23.4 Å². The highest BCUT2D eigenvalue weighted by molar-refractivity contribution is 7.89. The highest BCUT2D eigenvalue weighted by Gasteiger charge is 2.37. The maximum absolute atomic E-state index is 12.9. The number of sulfonamides is 1. The van der Waals surface area contributed by atoms with Gasteiger partial charge < -0.3 is 14.2 Å². The third kappa shape index (κ3) is 3.10. The predicted octanol–water partition coefficient (Wildman–Crippen LogP) is 1.13. The van der Waals surface area contributed by atoms with E-state index in [2.05, 4.69) is 5.16 Å². The largest absolute Gasteiger partial charge is 0.480 e. The fourth-order valence-electron chi connectivity index (χ4n) is 3.64. The van der Waals surface area contributed by atoms with E-state index in [-0.39, 0.29) is 29.7 Å². The van der Waals surface area contributed by atoms with Gasteiger partial charge in [-0.05, 0) is 25.5 Å². The van der Waals surface area contributed by atoms with Crippen LogP contribution in [0.25, 0.3) is 0 Å². The maximum atomic E-state index is 12.9. The summed E-state index contributed by atoms with van der Waals surface area (Å²) < 4.78 is 37.9. The molecule has 1 atom stereocenters. The number of carbonyl (C=O) groups excluding carboxylic acids is 1. The number of para-hydroxylation sites is 1. The molecule has 2 aromatic rings. The van der Waals surface area contributed by atoms with Crippen LogP contribution in [0, 0.1) is 13.8 Å². The van der Waals surface area contributed by atoms with E-state index in [4.69, 9.17) is 9.26 Å². The van der Waals surface area contributed by atoms with Gasteiger partial charge in [0.15, 0.2) is 11.9 Å². The van der Waals surface area contributed by atoms with Crippen LogP contribution in [-0.2, 0) is 21.2 Å². The number of ether oxygens (including phenoxy) is 1. The second-order valence-electron chi connectivity index (χ2n) is 6.80. The van der Waals surface area contributed by atoms with Crippen LogP contribution in [0.3, 0.4) is 0 Å². The van der Waals surface area contributed by atoms with Crippen molar-refractivity contribution < 1.29 is 22.5 Å².